The minimum absolute atomic E-state index is 0.167. The molecule has 2 rings (SSSR count). The van der Waals surface area contributed by atoms with Gasteiger partial charge in [0.2, 0.25) is 5.43 Å². The van der Waals surface area contributed by atoms with Crippen LogP contribution in [0, 0.1) is 12.7 Å². The first-order valence-electron chi connectivity index (χ1n) is 5.47. The van der Waals surface area contributed by atoms with Crippen LogP contribution in [0.3, 0.4) is 0 Å². The quantitative estimate of drug-likeness (QED) is 0.798. The second kappa shape index (κ2) is 5.05. The van der Waals surface area contributed by atoms with Crippen molar-refractivity contribution >= 4 is 21.7 Å². The van der Waals surface area contributed by atoms with Crippen LogP contribution >= 0.6 is 15.9 Å². The smallest absolute Gasteiger partial charge is 0.214 e. The van der Waals surface area contributed by atoms with Crippen LogP contribution in [-0.2, 0) is 0 Å². The molecule has 0 atom stereocenters. The van der Waals surface area contributed by atoms with E-state index < -0.39 is 17.0 Å². The summed E-state index contributed by atoms with van der Waals surface area (Å²) < 4.78 is 15.5. The average Bonchev–Trinajstić information content (AvgIpc) is 2.35. The van der Waals surface area contributed by atoms with Crippen LogP contribution in [-0.4, -0.2) is 15.6 Å². The Hall–Kier alpha value is -1.82. The van der Waals surface area contributed by atoms with Crippen LogP contribution in [0.4, 0.5) is 4.39 Å². The molecule has 0 fully saturated rings. The van der Waals surface area contributed by atoms with Crippen molar-refractivity contribution in [2.75, 3.05) is 0 Å². The zero-order chi connectivity index (χ0) is 14.2. The Morgan fingerprint density at radius 1 is 1.42 bits per heavy atom. The lowest BCUT2D eigenvalue weighted by Crippen LogP contribution is -2.22. The van der Waals surface area contributed by atoms with Crippen LogP contribution < -0.4 is 5.43 Å². The Morgan fingerprint density at radius 2 is 2.11 bits per heavy atom. The maximum Gasteiger partial charge on any atom is 0.214 e. The van der Waals surface area contributed by atoms with E-state index in [1.54, 1.807) is 19.1 Å². The summed E-state index contributed by atoms with van der Waals surface area (Å²) in [6.07, 6.45) is 1.40. The van der Waals surface area contributed by atoms with Crippen molar-refractivity contribution < 1.29 is 9.18 Å². The van der Waals surface area contributed by atoms with Crippen LogP contribution in [0.15, 0.2) is 33.7 Å². The lowest BCUT2D eigenvalue weighted by atomic mass is 10.2. The molecule has 0 N–H and O–H groups in total. The fourth-order valence-electron chi connectivity index (χ4n) is 1.63. The molecule has 6 heteroatoms. The molecule has 98 valence electrons. The first-order valence-corrected chi connectivity index (χ1v) is 6.27. The van der Waals surface area contributed by atoms with Crippen LogP contribution in [0.1, 0.15) is 23.0 Å². The molecule has 0 amide bonds. The monoisotopic (exact) mass is 324 g/mol. The van der Waals surface area contributed by atoms with Gasteiger partial charge in [0.25, 0.3) is 0 Å². The standard InChI is InChI=1S/C13H10BrFN2O2/c1-7-6-17(16-12(8(2)18)13(7)19)10-5-3-4-9(14)11(10)15/h3-6H,1-2H3. The average molecular weight is 325 g/mol. The number of nitrogens with zero attached hydrogens (tertiary/aromatic N) is 2. The van der Waals surface area contributed by atoms with E-state index in [0.29, 0.717) is 5.56 Å². The molecule has 0 unspecified atom stereocenters. The number of carbonyl (C=O) groups excluding carboxylic acids is 1. The van der Waals surface area contributed by atoms with Crippen molar-refractivity contribution in [3.63, 3.8) is 0 Å². The molecule has 0 aliphatic heterocycles. The third-order valence-corrected chi connectivity index (χ3v) is 3.22. The van der Waals surface area contributed by atoms with Crippen molar-refractivity contribution in [2.24, 2.45) is 0 Å². The number of carbonyl (C=O) groups is 1. The highest BCUT2D eigenvalue weighted by molar-refractivity contribution is 9.10. The number of aryl methyl sites for hydroxylation is 1. The summed E-state index contributed by atoms with van der Waals surface area (Å²) >= 11 is 3.08. The third kappa shape index (κ3) is 2.49. The Labute approximate surface area is 117 Å². The number of halogens is 2. The number of Topliss-reactive ketones (excluding diaryl/α,β-unsaturated/α-hetero) is 1. The summed E-state index contributed by atoms with van der Waals surface area (Å²) in [5.74, 6) is -0.953. The van der Waals surface area contributed by atoms with Crippen molar-refractivity contribution in [3.8, 4) is 5.69 Å². The SMILES string of the molecule is CC(=O)c1nn(-c2cccc(Br)c2F)cc(C)c1=O. The van der Waals surface area contributed by atoms with Gasteiger partial charge in [0.15, 0.2) is 17.3 Å². The van der Waals surface area contributed by atoms with E-state index in [0.717, 1.165) is 0 Å². The Morgan fingerprint density at radius 3 is 2.74 bits per heavy atom. The summed E-state index contributed by atoms with van der Waals surface area (Å²) in [6, 6.07) is 4.71. The number of hydrogen-bond acceptors (Lipinski definition) is 3. The molecule has 1 heterocycles. The van der Waals surface area contributed by atoms with Gasteiger partial charge in [-0.15, -0.1) is 0 Å². The number of ketones is 1. The maximum absolute atomic E-state index is 14.0. The van der Waals surface area contributed by atoms with Gasteiger partial charge in [0, 0.05) is 18.7 Å². The highest BCUT2D eigenvalue weighted by Crippen LogP contribution is 2.21. The third-order valence-electron chi connectivity index (χ3n) is 2.61. The summed E-state index contributed by atoms with van der Waals surface area (Å²) in [4.78, 5) is 23.1. The Bertz CT molecular complexity index is 725. The minimum atomic E-state index is -0.507. The Kier molecular flexibility index (Phi) is 3.61. The molecule has 19 heavy (non-hydrogen) atoms. The van der Waals surface area contributed by atoms with Crippen LogP contribution in [0.5, 0.6) is 0 Å². The molecule has 2 aromatic rings. The molecular formula is C13H10BrFN2O2. The van der Waals surface area contributed by atoms with Gasteiger partial charge < -0.3 is 0 Å². The van der Waals surface area contributed by atoms with E-state index in [2.05, 4.69) is 21.0 Å². The lowest BCUT2D eigenvalue weighted by molar-refractivity contribution is 0.101. The molecule has 0 aliphatic rings. The van der Waals surface area contributed by atoms with Gasteiger partial charge in [0.1, 0.15) is 5.69 Å². The molecule has 1 aromatic carbocycles. The predicted molar refractivity (Wildman–Crippen MR) is 72.2 cm³/mol. The van der Waals surface area contributed by atoms with E-state index in [9.17, 15) is 14.0 Å². The van der Waals surface area contributed by atoms with Gasteiger partial charge in [-0.05, 0) is 35.0 Å². The Balaban J connectivity index is 2.74. The molecule has 4 nitrogen and oxygen atoms in total. The van der Waals surface area contributed by atoms with Crippen LogP contribution in [0.25, 0.3) is 5.69 Å². The van der Waals surface area contributed by atoms with Gasteiger partial charge in [-0.2, -0.15) is 5.10 Å². The zero-order valence-electron chi connectivity index (χ0n) is 10.3. The van der Waals surface area contributed by atoms with E-state index in [1.165, 1.54) is 23.9 Å². The molecule has 1 aromatic heterocycles. The first-order chi connectivity index (χ1) is 8.91. The molecule has 0 spiro atoms. The largest absolute Gasteiger partial charge is 0.293 e. The second-order valence-corrected chi connectivity index (χ2v) is 4.92. The number of hydrogen-bond donors (Lipinski definition) is 0. The fraction of sp³-hybridized carbons (Fsp3) is 0.154. The van der Waals surface area contributed by atoms with E-state index in [-0.39, 0.29) is 15.9 Å². The molecule has 0 saturated heterocycles. The van der Waals surface area contributed by atoms with Crippen molar-refractivity contribution in [1.29, 1.82) is 0 Å². The summed E-state index contributed by atoms with van der Waals surface area (Å²) in [6.45, 7) is 2.81. The van der Waals surface area contributed by atoms with Gasteiger partial charge in [-0.1, -0.05) is 6.07 Å². The number of aromatic nitrogens is 2. The van der Waals surface area contributed by atoms with Gasteiger partial charge >= 0.3 is 0 Å². The van der Waals surface area contributed by atoms with Crippen LogP contribution in [0.2, 0.25) is 0 Å². The van der Waals surface area contributed by atoms with E-state index >= 15 is 0 Å². The summed E-state index contributed by atoms with van der Waals surface area (Å²) in [5.41, 5.74) is -0.127. The second-order valence-electron chi connectivity index (χ2n) is 4.06. The molecule has 0 saturated carbocycles. The number of benzene rings is 1. The summed E-state index contributed by atoms with van der Waals surface area (Å²) in [5, 5.41) is 3.90. The minimum Gasteiger partial charge on any atom is -0.293 e. The van der Waals surface area contributed by atoms with Gasteiger partial charge in [0.05, 0.1) is 4.47 Å². The topological polar surface area (TPSA) is 52.0 Å². The molecule has 0 radical (unpaired) electrons. The highest BCUT2D eigenvalue weighted by atomic mass is 79.9. The van der Waals surface area contributed by atoms with Crippen molar-refractivity contribution in [1.82, 2.24) is 9.78 Å². The van der Waals surface area contributed by atoms with Crippen molar-refractivity contribution in [2.45, 2.75) is 13.8 Å². The number of rotatable bonds is 2. The molecular weight excluding hydrogens is 315 g/mol. The van der Waals surface area contributed by atoms with Crippen molar-refractivity contribution in [3.05, 3.63) is 56.2 Å². The molecule has 0 bridgehead atoms. The fourth-order valence-corrected chi connectivity index (χ4v) is 1.99. The predicted octanol–water partition coefficient (Wildman–Crippen LogP) is 2.65. The van der Waals surface area contributed by atoms with E-state index in [4.69, 9.17) is 0 Å². The van der Waals surface area contributed by atoms with E-state index in [1.807, 2.05) is 0 Å². The maximum atomic E-state index is 14.0. The summed E-state index contributed by atoms with van der Waals surface area (Å²) in [7, 11) is 0. The lowest BCUT2D eigenvalue weighted by Gasteiger charge is -2.09. The highest BCUT2D eigenvalue weighted by Gasteiger charge is 2.14. The van der Waals surface area contributed by atoms with Gasteiger partial charge in [-0.3, -0.25) is 9.59 Å². The normalized spacial score (nSPS) is 10.5. The molecule has 0 aliphatic carbocycles. The zero-order valence-corrected chi connectivity index (χ0v) is 11.9. The van der Waals surface area contributed by atoms with Gasteiger partial charge in [-0.25, -0.2) is 9.07 Å². The first kappa shape index (κ1) is 13.6.